The number of nitrogens with one attached hydrogen (secondary N) is 1. The van der Waals surface area contributed by atoms with E-state index in [0.717, 1.165) is 32.5 Å². The molecule has 1 saturated heterocycles. The van der Waals surface area contributed by atoms with Crippen LogP contribution in [0.1, 0.15) is 37.0 Å². The van der Waals surface area contributed by atoms with Gasteiger partial charge in [-0.2, -0.15) is 0 Å². The molecule has 0 aliphatic carbocycles. The van der Waals surface area contributed by atoms with Crippen LogP contribution in [0, 0.1) is 11.7 Å². The van der Waals surface area contributed by atoms with E-state index in [0.29, 0.717) is 5.92 Å². The third-order valence-corrected chi connectivity index (χ3v) is 4.38. The zero-order chi connectivity index (χ0) is 15.4. The first-order chi connectivity index (χ1) is 10.0. The van der Waals surface area contributed by atoms with Gasteiger partial charge in [-0.15, -0.1) is 0 Å². The summed E-state index contributed by atoms with van der Waals surface area (Å²) in [6.45, 7) is 7.42. The second kappa shape index (κ2) is 6.89. The summed E-state index contributed by atoms with van der Waals surface area (Å²) in [5.41, 5.74) is 0.382. The van der Waals surface area contributed by atoms with Crippen molar-refractivity contribution in [1.29, 1.82) is 0 Å². The largest absolute Gasteiger partial charge is 0.478 e. The van der Waals surface area contributed by atoms with Crippen molar-refractivity contribution >= 4 is 11.7 Å². The number of aromatic carboxylic acids is 1. The molecular formula is C16H23FN2O2. The number of hydrogen-bond donors (Lipinski definition) is 2. The molecule has 2 rings (SSSR count). The molecule has 0 aromatic heterocycles. The zero-order valence-electron chi connectivity index (χ0n) is 12.6. The number of rotatable bonds is 5. The van der Waals surface area contributed by atoms with E-state index >= 15 is 0 Å². The third-order valence-electron chi connectivity index (χ3n) is 4.38. The SMILES string of the molecule is CCN1CCC(C(C)Nc2cc(C(=O)O)ccc2F)CC1. The van der Waals surface area contributed by atoms with Crippen LogP contribution in [0.4, 0.5) is 10.1 Å². The molecule has 1 aliphatic rings. The van der Waals surface area contributed by atoms with Crippen molar-refractivity contribution in [3.63, 3.8) is 0 Å². The van der Waals surface area contributed by atoms with Crippen molar-refractivity contribution in [3.8, 4) is 0 Å². The highest BCUT2D eigenvalue weighted by Gasteiger charge is 2.23. The van der Waals surface area contributed by atoms with Gasteiger partial charge in [0.25, 0.3) is 0 Å². The Kier molecular flexibility index (Phi) is 5.17. The highest BCUT2D eigenvalue weighted by Crippen LogP contribution is 2.25. The van der Waals surface area contributed by atoms with Gasteiger partial charge in [0.2, 0.25) is 0 Å². The second-order valence-corrected chi connectivity index (χ2v) is 5.70. The number of halogens is 1. The molecule has 5 heteroatoms. The van der Waals surface area contributed by atoms with Crippen LogP contribution in [0.5, 0.6) is 0 Å². The van der Waals surface area contributed by atoms with E-state index in [2.05, 4.69) is 17.1 Å². The molecule has 0 spiro atoms. The Morgan fingerprint density at radius 3 is 2.71 bits per heavy atom. The fourth-order valence-corrected chi connectivity index (χ4v) is 2.90. The van der Waals surface area contributed by atoms with E-state index in [9.17, 15) is 9.18 Å². The summed E-state index contributed by atoms with van der Waals surface area (Å²) in [7, 11) is 0. The van der Waals surface area contributed by atoms with Gasteiger partial charge in [0, 0.05) is 6.04 Å². The van der Waals surface area contributed by atoms with Crippen molar-refractivity contribution in [2.24, 2.45) is 5.92 Å². The molecule has 2 N–H and O–H groups in total. The summed E-state index contributed by atoms with van der Waals surface area (Å²) in [6.07, 6.45) is 2.17. The van der Waals surface area contributed by atoms with Crippen molar-refractivity contribution in [2.75, 3.05) is 25.0 Å². The molecule has 21 heavy (non-hydrogen) atoms. The third kappa shape index (κ3) is 3.94. The summed E-state index contributed by atoms with van der Waals surface area (Å²) in [4.78, 5) is 13.4. The number of anilines is 1. The van der Waals surface area contributed by atoms with Crippen LogP contribution in [0.2, 0.25) is 0 Å². The zero-order valence-corrected chi connectivity index (χ0v) is 12.6. The average Bonchev–Trinajstić information content (AvgIpc) is 2.49. The molecule has 1 fully saturated rings. The molecule has 4 nitrogen and oxygen atoms in total. The van der Waals surface area contributed by atoms with Gasteiger partial charge < -0.3 is 15.3 Å². The van der Waals surface area contributed by atoms with Crippen LogP contribution in [0.15, 0.2) is 18.2 Å². The quantitative estimate of drug-likeness (QED) is 0.876. The number of hydrogen-bond acceptors (Lipinski definition) is 3. The number of likely N-dealkylation sites (tertiary alicyclic amines) is 1. The Morgan fingerprint density at radius 1 is 1.48 bits per heavy atom. The maximum absolute atomic E-state index is 13.8. The van der Waals surface area contributed by atoms with Crippen molar-refractivity contribution in [2.45, 2.75) is 32.7 Å². The van der Waals surface area contributed by atoms with Crippen LogP contribution in [0.25, 0.3) is 0 Å². The summed E-state index contributed by atoms with van der Waals surface area (Å²) >= 11 is 0. The lowest BCUT2D eigenvalue weighted by molar-refractivity contribution is 0.0697. The first-order valence-electron chi connectivity index (χ1n) is 7.53. The molecule has 1 unspecified atom stereocenters. The van der Waals surface area contributed by atoms with Crippen LogP contribution in [-0.4, -0.2) is 41.7 Å². The second-order valence-electron chi connectivity index (χ2n) is 5.70. The highest BCUT2D eigenvalue weighted by molar-refractivity contribution is 5.88. The minimum Gasteiger partial charge on any atom is -0.478 e. The van der Waals surface area contributed by atoms with Crippen LogP contribution < -0.4 is 5.32 Å². The Hall–Kier alpha value is -1.62. The van der Waals surface area contributed by atoms with E-state index in [1.54, 1.807) is 0 Å². The van der Waals surface area contributed by atoms with Crippen molar-refractivity contribution < 1.29 is 14.3 Å². The molecule has 1 aromatic carbocycles. The molecule has 0 amide bonds. The molecule has 1 heterocycles. The number of carbonyl (C=O) groups is 1. The van der Waals surface area contributed by atoms with Gasteiger partial charge in [-0.25, -0.2) is 9.18 Å². The van der Waals surface area contributed by atoms with Crippen LogP contribution >= 0.6 is 0 Å². The maximum Gasteiger partial charge on any atom is 0.335 e. The fourth-order valence-electron chi connectivity index (χ4n) is 2.90. The Morgan fingerprint density at radius 2 is 2.14 bits per heavy atom. The van der Waals surface area contributed by atoms with Gasteiger partial charge in [0.15, 0.2) is 0 Å². The lowest BCUT2D eigenvalue weighted by atomic mass is 9.90. The minimum atomic E-state index is -1.04. The predicted molar refractivity (Wildman–Crippen MR) is 81.3 cm³/mol. The molecule has 1 atom stereocenters. The van der Waals surface area contributed by atoms with Gasteiger partial charge >= 0.3 is 5.97 Å². The Balaban J connectivity index is 2.01. The fraction of sp³-hybridized carbons (Fsp3) is 0.562. The number of carboxylic acids is 1. The standard InChI is InChI=1S/C16H23FN2O2/c1-3-19-8-6-12(7-9-19)11(2)18-15-10-13(16(20)21)4-5-14(15)17/h4-5,10-12,18H,3,6-9H2,1-2H3,(H,20,21). The van der Waals surface area contributed by atoms with Crippen molar-refractivity contribution in [3.05, 3.63) is 29.6 Å². The topological polar surface area (TPSA) is 52.6 Å². The summed E-state index contributed by atoms with van der Waals surface area (Å²) < 4.78 is 13.8. The lowest BCUT2D eigenvalue weighted by Gasteiger charge is -2.35. The lowest BCUT2D eigenvalue weighted by Crippen LogP contribution is -2.39. The number of nitrogens with zero attached hydrogens (tertiary/aromatic N) is 1. The van der Waals surface area contributed by atoms with Gasteiger partial charge in [-0.1, -0.05) is 6.92 Å². The van der Waals surface area contributed by atoms with E-state index in [1.807, 2.05) is 6.92 Å². The molecule has 1 aromatic rings. The van der Waals surface area contributed by atoms with Gasteiger partial charge in [-0.05, 0) is 63.5 Å². The number of carboxylic acid groups (broad SMARTS) is 1. The first kappa shape index (κ1) is 15.8. The summed E-state index contributed by atoms with van der Waals surface area (Å²) in [5.74, 6) is -0.958. The number of benzene rings is 1. The van der Waals surface area contributed by atoms with E-state index in [1.165, 1.54) is 18.2 Å². The van der Waals surface area contributed by atoms with E-state index < -0.39 is 11.8 Å². The Bertz CT molecular complexity index is 499. The smallest absolute Gasteiger partial charge is 0.335 e. The Labute approximate surface area is 125 Å². The summed E-state index contributed by atoms with van der Waals surface area (Å²) in [6, 6.07) is 3.99. The molecular weight excluding hydrogens is 271 g/mol. The van der Waals surface area contributed by atoms with Gasteiger partial charge in [0.05, 0.1) is 11.3 Å². The van der Waals surface area contributed by atoms with Gasteiger partial charge in [-0.3, -0.25) is 0 Å². The summed E-state index contributed by atoms with van der Waals surface area (Å²) in [5, 5.41) is 12.1. The van der Waals surface area contributed by atoms with E-state index in [-0.39, 0.29) is 17.3 Å². The molecule has 1 aliphatic heterocycles. The normalized spacial score (nSPS) is 18.4. The molecule has 0 radical (unpaired) electrons. The van der Waals surface area contributed by atoms with Crippen LogP contribution in [-0.2, 0) is 0 Å². The van der Waals surface area contributed by atoms with E-state index in [4.69, 9.17) is 5.11 Å². The van der Waals surface area contributed by atoms with Crippen LogP contribution in [0.3, 0.4) is 0 Å². The predicted octanol–water partition coefficient (Wildman–Crippen LogP) is 3.06. The molecule has 0 saturated carbocycles. The molecule has 116 valence electrons. The minimum absolute atomic E-state index is 0.104. The van der Waals surface area contributed by atoms with Gasteiger partial charge in [0.1, 0.15) is 5.82 Å². The molecule has 0 bridgehead atoms. The monoisotopic (exact) mass is 294 g/mol. The number of piperidine rings is 1. The van der Waals surface area contributed by atoms with Crippen molar-refractivity contribution in [1.82, 2.24) is 4.90 Å². The maximum atomic E-state index is 13.8. The highest BCUT2D eigenvalue weighted by atomic mass is 19.1. The first-order valence-corrected chi connectivity index (χ1v) is 7.53. The average molecular weight is 294 g/mol.